The quantitative estimate of drug-likeness (QED) is 0.866. The summed E-state index contributed by atoms with van der Waals surface area (Å²) in [5.74, 6) is -2.13. The molecular formula is C14H12F2N2O2S. The topological polar surface area (TPSA) is 63.4 Å². The second-order valence-corrected chi connectivity index (χ2v) is 6.59. The normalized spacial score (nSPS) is 14.3. The first kappa shape index (κ1) is 13.8. The lowest BCUT2D eigenvalue weighted by atomic mass is 10.2. The molecule has 2 aromatic carbocycles. The van der Waals surface area contributed by atoms with Gasteiger partial charge in [-0.2, -0.15) is 0 Å². The van der Waals surface area contributed by atoms with E-state index in [0.29, 0.717) is 18.2 Å². The highest BCUT2D eigenvalue weighted by Gasteiger charge is 2.33. The van der Waals surface area contributed by atoms with Gasteiger partial charge in [0.25, 0.3) is 10.0 Å². The Morgan fingerprint density at radius 1 is 1.10 bits per heavy atom. The van der Waals surface area contributed by atoms with E-state index in [0.717, 1.165) is 15.9 Å². The Morgan fingerprint density at radius 3 is 2.57 bits per heavy atom. The predicted molar refractivity (Wildman–Crippen MR) is 75.4 cm³/mol. The van der Waals surface area contributed by atoms with Gasteiger partial charge in [-0.15, -0.1) is 0 Å². The highest BCUT2D eigenvalue weighted by atomic mass is 32.2. The van der Waals surface area contributed by atoms with E-state index in [-0.39, 0.29) is 6.54 Å². The molecule has 0 saturated heterocycles. The van der Waals surface area contributed by atoms with Gasteiger partial charge < -0.3 is 5.73 Å². The van der Waals surface area contributed by atoms with Crippen molar-refractivity contribution in [2.45, 2.75) is 11.3 Å². The van der Waals surface area contributed by atoms with Gasteiger partial charge in [0.2, 0.25) is 0 Å². The molecular weight excluding hydrogens is 298 g/mol. The van der Waals surface area contributed by atoms with Gasteiger partial charge in [-0.25, -0.2) is 17.2 Å². The molecule has 110 valence electrons. The summed E-state index contributed by atoms with van der Waals surface area (Å²) in [7, 11) is -4.11. The van der Waals surface area contributed by atoms with Gasteiger partial charge in [0.15, 0.2) is 0 Å². The summed E-state index contributed by atoms with van der Waals surface area (Å²) < 4.78 is 53.3. The Hall–Kier alpha value is -2.15. The van der Waals surface area contributed by atoms with Crippen molar-refractivity contribution in [3.8, 4) is 0 Å². The molecule has 1 heterocycles. The van der Waals surface area contributed by atoms with E-state index in [1.807, 2.05) is 12.1 Å². The van der Waals surface area contributed by atoms with Gasteiger partial charge in [-0.3, -0.25) is 4.31 Å². The molecule has 0 amide bonds. The monoisotopic (exact) mass is 310 g/mol. The molecule has 0 bridgehead atoms. The number of halogens is 2. The summed E-state index contributed by atoms with van der Waals surface area (Å²) in [6.07, 6.45) is 0.549. The van der Waals surface area contributed by atoms with E-state index in [1.54, 1.807) is 12.1 Å². The summed E-state index contributed by atoms with van der Waals surface area (Å²) in [4.78, 5) is -0.613. The van der Waals surface area contributed by atoms with Gasteiger partial charge >= 0.3 is 0 Å². The second kappa shape index (κ2) is 4.70. The molecule has 0 fully saturated rings. The van der Waals surface area contributed by atoms with Crippen LogP contribution in [-0.4, -0.2) is 15.0 Å². The molecule has 2 aromatic rings. The largest absolute Gasteiger partial charge is 0.396 e. The lowest BCUT2D eigenvalue weighted by Crippen LogP contribution is -2.30. The van der Waals surface area contributed by atoms with Crippen LogP contribution in [-0.2, 0) is 16.4 Å². The third-order valence-corrected chi connectivity index (χ3v) is 5.29. The molecule has 0 saturated carbocycles. The van der Waals surface area contributed by atoms with Crippen LogP contribution in [0, 0.1) is 11.6 Å². The molecule has 21 heavy (non-hydrogen) atoms. The van der Waals surface area contributed by atoms with E-state index in [9.17, 15) is 17.2 Å². The summed E-state index contributed by atoms with van der Waals surface area (Å²) >= 11 is 0. The van der Waals surface area contributed by atoms with Crippen LogP contribution < -0.4 is 10.0 Å². The minimum absolute atomic E-state index is 0.221. The number of nitrogens with two attached hydrogens (primary N) is 1. The number of hydrogen-bond acceptors (Lipinski definition) is 3. The number of nitrogen functional groups attached to an aromatic ring is 1. The van der Waals surface area contributed by atoms with Gasteiger partial charge in [0.05, 0.1) is 11.4 Å². The molecule has 1 aliphatic rings. The zero-order valence-electron chi connectivity index (χ0n) is 10.9. The lowest BCUT2D eigenvalue weighted by Gasteiger charge is -2.20. The average molecular weight is 310 g/mol. The first-order chi connectivity index (χ1) is 9.91. The summed E-state index contributed by atoms with van der Waals surface area (Å²) in [5.41, 5.74) is 6.34. The molecule has 0 aromatic heterocycles. The molecule has 7 heteroatoms. The van der Waals surface area contributed by atoms with Gasteiger partial charge in [-0.05, 0) is 24.1 Å². The highest BCUT2D eigenvalue weighted by Crippen LogP contribution is 2.34. The Labute approximate surface area is 120 Å². The van der Waals surface area contributed by atoms with E-state index >= 15 is 0 Å². The molecule has 0 aliphatic carbocycles. The third kappa shape index (κ3) is 2.13. The Morgan fingerprint density at radius 2 is 1.81 bits per heavy atom. The maximum absolute atomic E-state index is 13.9. The summed E-state index contributed by atoms with van der Waals surface area (Å²) in [6.45, 7) is 0.221. The zero-order valence-corrected chi connectivity index (χ0v) is 11.7. The fourth-order valence-electron chi connectivity index (χ4n) is 2.42. The van der Waals surface area contributed by atoms with Crippen molar-refractivity contribution in [3.63, 3.8) is 0 Å². The molecule has 3 rings (SSSR count). The number of benzene rings is 2. The van der Waals surface area contributed by atoms with Crippen LogP contribution in [0.25, 0.3) is 0 Å². The molecule has 0 spiro atoms. The maximum Gasteiger partial charge on any atom is 0.267 e. The van der Waals surface area contributed by atoms with Crippen molar-refractivity contribution >= 4 is 21.4 Å². The van der Waals surface area contributed by atoms with Crippen molar-refractivity contribution in [2.75, 3.05) is 16.6 Å². The van der Waals surface area contributed by atoms with Crippen molar-refractivity contribution in [2.24, 2.45) is 0 Å². The minimum atomic E-state index is -4.11. The van der Waals surface area contributed by atoms with E-state index in [2.05, 4.69) is 0 Å². The molecule has 0 radical (unpaired) electrons. The average Bonchev–Trinajstić information content (AvgIpc) is 2.87. The third-order valence-electron chi connectivity index (χ3n) is 3.46. The summed E-state index contributed by atoms with van der Waals surface area (Å²) in [6, 6.07) is 8.31. The first-order valence-corrected chi connectivity index (χ1v) is 7.70. The van der Waals surface area contributed by atoms with Crippen LogP contribution in [0.5, 0.6) is 0 Å². The minimum Gasteiger partial charge on any atom is -0.396 e. The SMILES string of the molecule is Nc1cc(S(=O)(=O)N2CCc3ccccc32)c(F)cc1F. The number of hydrogen-bond donors (Lipinski definition) is 1. The van der Waals surface area contributed by atoms with Gasteiger partial charge in [0.1, 0.15) is 16.5 Å². The maximum atomic E-state index is 13.9. The number of sulfonamides is 1. The highest BCUT2D eigenvalue weighted by molar-refractivity contribution is 7.92. The fourth-order valence-corrected chi connectivity index (χ4v) is 4.01. The van der Waals surface area contributed by atoms with Crippen molar-refractivity contribution in [3.05, 3.63) is 53.6 Å². The van der Waals surface area contributed by atoms with Crippen LogP contribution in [0.4, 0.5) is 20.2 Å². The number of rotatable bonds is 2. The van der Waals surface area contributed by atoms with Crippen LogP contribution >= 0.6 is 0 Å². The summed E-state index contributed by atoms with van der Waals surface area (Å²) in [5, 5.41) is 0. The Bertz CT molecular complexity index is 822. The van der Waals surface area contributed by atoms with E-state index < -0.39 is 32.2 Å². The molecule has 0 unspecified atom stereocenters. The lowest BCUT2D eigenvalue weighted by molar-refractivity contribution is 0.549. The Kier molecular flexibility index (Phi) is 3.09. The van der Waals surface area contributed by atoms with Crippen molar-refractivity contribution < 1.29 is 17.2 Å². The zero-order chi connectivity index (χ0) is 15.2. The standard InChI is InChI=1S/C14H12F2N2O2S/c15-10-7-11(16)14(8-12(10)17)21(19,20)18-6-5-9-3-1-2-4-13(9)18/h1-4,7-8H,5-6,17H2. The predicted octanol–water partition coefficient (Wildman–Crippen LogP) is 2.30. The van der Waals surface area contributed by atoms with Crippen molar-refractivity contribution in [1.29, 1.82) is 0 Å². The first-order valence-electron chi connectivity index (χ1n) is 6.26. The van der Waals surface area contributed by atoms with Crippen LogP contribution in [0.1, 0.15) is 5.56 Å². The molecule has 1 aliphatic heterocycles. The number of anilines is 2. The Balaban J connectivity index is 2.13. The fraction of sp³-hybridized carbons (Fsp3) is 0.143. The number of para-hydroxylation sites is 1. The van der Waals surface area contributed by atoms with Crippen molar-refractivity contribution in [1.82, 2.24) is 0 Å². The molecule has 4 nitrogen and oxygen atoms in total. The number of nitrogens with zero attached hydrogens (tertiary/aromatic N) is 1. The van der Waals surface area contributed by atoms with Crippen LogP contribution in [0.15, 0.2) is 41.3 Å². The smallest absolute Gasteiger partial charge is 0.267 e. The van der Waals surface area contributed by atoms with Gasteiger partial charge in [-0.1, -0.05) is 18.2 Å². The van der Waals surface area contributed by atoms with Crippen LogP contribution in [0.2, 0.25) is 0 Å². The van der Waals surface area contributed by atoms with E-state index in [1.165, 1.54) is 0 Å². The molecule has 2 N–H and O–H groups in total. The van der Waals surface area contributed by atoms with E-state index in [4.69, 9.17) is 5.73 Å². The van der Waals surface area contributed by atoms with Crippen LogP contribution in [0.3, 0.4) is 0 Å². The second-order valence-electron chi connectivity index (χ2n) is 4.76. The van der Waals surface area contributed by atoms with Gasteiger partial charge in [0, 0.05) is 12.6 Å². The number of fused-ring (bicyclic) bond motifs is 1. The molecule has 0 atom stereocenters.